The number of benzene rings is 1. The molecule has 3 rings (SSSR count). The molecule has 2 fully saturated rings. The lowest BCUT2D eigenvalue weighted by Crippen LogP contribution is -2.39. The first kappa shape index (κ1) is 18.2. The second kappa shape index (κ2) is 6.97. The lowest BCUT2D eigenvalue weighted by atomic mass is 10.1. The first-order valence-corrected chi connectivity index (χ1v) is 10.6. The van der Waals surface area contributed by atoms with E-state index in [1.165, 1.54) is 16.7 Å². The normalized spacial score (nSPS) is 24.2. The molecule has 25 heavy (non-hydrogen) atoms. The van der Waals surface area contributed by atoms with E-state index in [-0.39, 0.29) is 23.5 Å². The predicted octanol–water partition coefficient (Wildman–Crippen LogP) is 2.09. The van der Waals surface area contributed by atoms with Gasteiger partial charge in [0.25, 0.3) is 5.91 Å². The van der Waals surface area contributed by atoms with E-state index < -0.39 is 9.84 Å². The molecule has 2 aliphatic rings. The Morgan fingerprint density at radius 1 is 1.28 bits per heavy atom. The zero-order chi connectivity index (χ0) is 18.2. The summed E-state index contributed by atoms with van der Waals surface area (Å²) in [6.45, 7) is 0. The number of carbonyl (C=O) groups excluding carboxylic acids is 1. The molecular weight excluding hydrogens is 382 g/mol. The van der Waals surface area contributed by atoms with Crippen LogP contribution in [0, 0.1) is 0 Å². The lowest BCUT2D eigenvalue weighted by Gasteiger charge is -2.20. The van der Waals surface area contributed by atoms with Crippen molar-refractivity contribution in [2.24, 2.45) is 0 Å². The zero-order valence-corrected chi connectivity index (χ0v) is 16.2. The molecule has 9 heteroatoms. The van der Waals surface area contributed by atoms with Crippen LogP contribution in [0.5, 0.6) is 11.5 Å². The summed E-state index contributed by atoms with van der Waals surface area (Å²) >= 11 is 6.49. The molecule has 2 aliphatic heterocycles. The number of thioether (sulfide) groups is 1. The van der Waals surface area contributed by atoms with Crippen LogP contribution in [0.4, 0.5) is 0 Å². The fraction of sp³-hybridized carbons (Fsp3) is 0.375. The first-order valence-electron chi connectivity index (χ1n) is 7.54. The number of carbonyl (C=O) groups is 1. The summed E-state index contributed by atoms with van der Waals surface area (Å²) in [6, 6.07) is 4.97. The van der Waals surface area contributed by atoms with Gasteiger partial charge in [0, 0.05) is 0 Å². The van der Waals surface area contributed by atoms with Crippen LogP contribution in [-0.4, -0.2) is 55.3 Å². The molecule has 0 radical (unpaired) electrons. The van der Waals surface area contributed by atoms with Crippen molar-refractivity contribution >= 4 is 50.1 Å². The molecular formula is C16H17NO5S3. The van der Waals surface area contributed by atoms with Crippen molar-refractivity contribution in [3.05, 3.63) is 28.7 Å². The van der Waals surface area contributed by atoms with Gasteiger partial charge in [-0.15, -0.1) is 0 Å². The summed E-state index contributed by atoms with van der Waals surface area (Å²) in [7, 11) is 0.0117. The van der Waals surface area contributed by atoms with E-state index in [4.69, 9.17) is 21.7 Å². The van der Waals surface area contributed by atoms with Crippen molar-refractivity contribution in [1.29, 1.82) is 0 Å². The van der Waals surface area contributed by atoms with E-state index >= 15 is 0 Å². The van der Waals surface area contributed by atoms with Gasteiger partial charge in [0.05, 0.1) is 36.7 Å². The van der Waals surface area contributed by atoms with Crippen molar-refractivity contribution in [3.8, 4) is 11.5 Å². The lowest BCUT2D eigenvalue weighted by molar-refractivity contribution is -0.123. The van der Waals surface area contributed by atoms with Crippen molar-refractivity contribution in [1.82, 2.24) is 4.90 Å². The van der Waals surface area contributed by atoms with E-state index in [0.29, 0.717) is 27.1 Å². The van der Waals surface area contributed by atoms with Crippen LogP contribution in [0.15, 0.2) is 23.1 Å². The van der Waals surface area contributed by atoms with Crippen LogP contribution in [-0.2, 0) is 14.6 Å². The van der Waals surface area contributed by atoms with Crippen LogP contribution in [0.1, 0.15) is 12.0 Å². The number of sulfone groups is 1. The van der Waals surface area contributed by atoms with Gasteiger partial charge >= 0.3 is 0 Å². The minimum absolute atomic E-state index is 0.0247. The standard InChI is InChI=1S/C16H17NO5S3/c1-21-12-4-3-10(7-13(12)22-2)8-14-15(18)17(16(23)24-14)11-5-6-25(19,20)9-11/h3-4,7-8,11H,5-6,9H2,1-2H3/b14-8+/t11-/m0/s1. The monoisotopic (exact) mass is 399 g/mol. The fourth-order valence-electron chi connectivity index (χ4n) is 2.87. The van der Waals surface area contributed by atoms with E-state index in [0.717, 1.165) is 5.56 Å². The highest BCUT2D eigenvalue weighted by Gasteiger charge is 2.42. The van der Waals surface area contributed by atoms with Gasteiger partial charge < -0.3 is 9.47 Å². The summed E-state index contributed by atoms with van der Waals surface area (Å²) in [4.78, 5) is 14.6. The molecule has 1 aromatic carbocycles. The molecule has 0 unspecified atom stereocenters. The Morgan fingerprint density at radius 3 is 2.60 bits per heavy atom. The van der Waals surface area contributed by atoms with E-state index in [9.17, 15) is 13.2 Å². The maximum Gasteiger partial charge on any atom is 0.266 e. The van der Waals surface area contributed by atoms with Gasteiger partial charge in [-0.2, -0.15) is 0 Å². The predicted molar refractivity (Wildman–Crippen MR) is 102 cm³/mol. The number of hydrogen-bond donors (Lipinski definition) is 0. The van der Waals surface area contributed by atoms with Crippen molar-refractivity contribution in [3.63, 3.8) is 0 Å². The minimum Gasteiger partial charge on any atom is -0.493 e. The topological polar surface area (TPSA) is 72.9 Å². The number of thiocarbonyl (C=S) groups is 1. The second-order valence-corrected chi connectivity index (χ2v) is 9.63. The Hall–Kier alpha value is -1.58. The zero-order valence-electron chi connectivity index (χ0n) is 13.7. The van der Waals surface area contributed by atoms with Gasteiger partial charge in [-0.3, -0.25) is 9.69 Å². The summed E-state index contributed by atoms with van der Waals surface area (Å²) in [5.41, 5.74) is 0.775. The minimum atomic E-state index is -3.09. The summed E-state index contributed by atoms with van der Waals surface area (Å²) < 4.78 is 34.2. The number of ether oxygens (including phenoxy) is 2. The smallest absolute Gasteiger partial charge is 0.266 e. The van der Waals surface area contributed by atoms with Crippen LogP contribution in [0.3, 0.4) is 0 Å². The second-order valence-electron chi connectivity index (χ2n) is 5.72. The average Bonchev–Trinajstić information content (AvgIpc) is 3.06. The van der Waals surface area contributed by atoms with Gasteiger partial charge in [0.1, 0.15) is 4.32 Å². The van der Waals surface area contributed by atoms with Crippen LogP contribution >= 0.6 is 24.0 Å². The quantitative estimate of drug-likeness (QED) is 0.567. The molecule has 2 saturated heterocycles. The highest BCUT2D eigenvalue weighted by atomic mass is 32.2. The number of methoxy groups -OCH3 is 2. The van der Waals surface area contributed by atoms with Gasteiger partial charge in [-0.05, 0) is 30.2 Å². The van der Waals surface area contributed by atoms with Gasteiger partial charge in [0.2, 0.25) is 0 Å². The maximum atomic E-state index is 12.7. The van der Waals surface area contributed by atoms with Crippen molar-refractivity contribution in [2.75, 3.05) is 25.7 Å². The van der Waals surface area contributed by atoms with Crippen LogP contribution in [0.25, 0.3) is 6.08 Å². The Balaban J connectivity index is 1.86. The first-order chi connectivity index (χ1) is 11.8. The van der Waals surface area contributed by atoms with Crippen molar-refractivity contribution < 1.29 is 22.7 Å². The summed E-state index contributed by atoms with van der Waals surface area (Å²) in [5.74, 6) is 0.996. The number of hydrogen-bond acceptors (Lipinski definition) is 7. The molecule has 0 aromatic heterocycles. The molecule has 0 saturated carbocycles. The molecule has 0 aliphatic carbocycles. The fourth-order valence-corrected chi connectivity index (χ4v) is 5.97. The molecule has 0 N–H and O–H groups in total. The number of rotatable bonds is 4. The SMILES string of the molecule is COc1ccc(/C=C2/SC(=S)N([C@H]3CCS(=O)(=O)C3)C2=O)cc1OC. The van der Waals surface area contributed by atoms with E-state index in [1.54, 1.807) is 32.4 Å². The highest BCUT2D eigenvalue weighted by Crippen LogP contribution is 2.37. The van der Waals surface area contributed by atoms with E-state index in [1.807, 2.05) is 6.07 Å². The molecule has 0 bridgehead atoms. The summed E-state index contributed by atoms with van der Waals surface area (Å²) in [6.07, 6.45) is 2.16. The van der Waals surface area contributed by atoms with Gasteiger partial charge in [0.15, 0.2) is 21.3 Å². The van der Waals surface area contributed by atoms with Crippen molar-refractivity contribution in [2.45, 2.75) is 12.5 Å². The Kier molecular flexibility index (Phi) is 5.08. The summed E-state index contributed by atoms with van der Waals surface area (Å²) in [5, 5.41) is 0. The molecule has 0 spiro atoms. The number of nitrogens with zero attached hydrogens (tertiary/aromatic N) is 1. The van der Waals surface area contributed by atoms with Gasteiger partial charge in [-0.1, -0.05) is 30.0 Å². The molecule has 2 heterocycles. The number of amides is 1. The van der Waals surface area contributed by atoms with Crippen LogP contribution in [0.2, 0.25) is 0 Å². The molecule has 1 atom stereocenters. The van der Waals surface area contributed by atoms with Gasteiger partial charge in [-0.25, -0.2) is 8.42 Å². The Labute approximate surface area is 156 Å². The third-order valence-electron chi connectivity index (χ3n) is 4.10. The van der Waals surface area contributed by atoms with E-state index in [2.05, 4.69) is 0 Å². The largest absolute Gasteiger partial charge is 0.493 e. The third kappa shape index (κ3) is 3.68. The highest BCUT2D eigenvalue weighted by molar-refractivity contribution is 8.26. The molecule has 1 aromatic rings. The molecule has 1 amide bonds. The average molecular weight is 400 g/mol. The van der Waals surface area contributed by atoms with Crippen LogP contribution < -0.4 is 9.47 Å². The maximum absolute atomic E-state index is 12.7. The Bertz CT molecular complexity index is 863. The third-order valence-corrected chi connectivity index (χ3v) is 7.18. The molecule has 6 nitrogen and oxygen atoms in total. The Morgan fingerprint density at radius 2 is 2.00 bits per heavy atom. The molecule has 134 valence electrons.